The molecule has 74 valence electrons. The maximum atomic E-state index is 10.2. The topological polar surface area (TPSA) is 70.0 Å². The van der Waals surface area contributed by atoms with E-state index in [1.54, 1.807) is 0 Å². The van der Waals surface area contributed by atoms with E-state index in [0.29, 0.717) is 6.42 Å². The molecule has 0 saturated heterocycles. The van der Waals surface area contributed by atoms with Crippen LogP contribution in [0.25, 0.3) is 0 Å². The SMILES string of the molecule is CCN(C)CCCOP(=O)(O)O. The van der Waals surface area contributed by atoms with Gasteiger partial charge in [0.25, 0.3) is 0 Å². The van der Waals surface area contributed by atoms with E-state index in [0.717, 1.165) is 13.1 Å². The van der Waals surface area contributed by atoms with E-state index in [1.807, 2.05) is 18.9 Å². The third kappa shape index (κ3) is 8.17. The van der Waals surface area contributed by atoms with Crippen molar-refractivity contribution in [3.8, 4) is 0 Å². The molecule has 0 heterocycles. The molecular formula is C6H16NO4P. The maximum Gasteiger partial charge on any atom is 0.469 e. The summed E-state index contributed by atoms with van der Waals surface area (Å²) < 4.78 is 14.5. The third-order valence-electron chi connectivity index (χ3n) is 1.48. The van der Waals surface area contributed by atoms with Gasteiger partial charge >= 0.3 is 7.82 Å². The fraction of sp³-hybridized carbons (Fsp3) is 1.00. The predicted molar refractivity (Wildman–Crippen MR) is 45.8 cm³/mol. The van der Waals surface area contributed by atoms with Crippen LogP contribution in [0.4, 0.5) is 0 Å². The normalized spacial score (nSPS) is 12.4. The fourth-order valence-corrected chi connectivity index (χ4v) is 1.04. The molecule has 0 unspecified atom stereocenters. The van der Waals surface area contributed by atoms with Crippen LogP contribution in [0, 0.1) is 0 Å². The number of rotatable bonds is 6. The molecule has 12 heavy (non-hydrogen) atoms. The van der Waals surface area contributed by atoms with E-state index < -0.39 is 7.82 Å². The summed E-state index contributed by atoms with van der Waals surface area (Å²) in [7, 11) is -2.31. The van der Waals surface area contributed by atoms with Crippen LogP contribution in [0.3, 0.4) is 0 Å². The quantitative estimate of drug-likeness (QED) is 0.477. The van der Waals surface area contributed by atoms with E-state index in [9.17, 15) is 4.57 Å². The van der Waals surface area contributed by atoms with Crippen LogP contribution in [-0.2, 0) is 9.09 Å². The Morgan fingerprint density at radius 1 is 1.50 bits per heavy atom. The van der Waals surface area contributed by atoms with Gasteiger partial charge in [-0.1, -0.05) is 6.92 Å². The van der Waals surface area contributed by atoms with E-state index >= 15 is 0 Å². The Morgan fingerprint density at radius 3 is 2.50 bits per heavy atom. The minimum Gasteiger partial charge on any atom is -0.307 e. The Morgan fingerprint density at radius 2 is 2.08 bits per heavy atom. The molecule has 0 aromatic rings. The average molecular weight is 197 g/mol. The first-order valence-corrected chi connectivity index (χ1v) is 5.37. The van der Waals surface area contributed by atoms with Gasteiger partial charge in [0, 0.05) is 6.54 Å². The Labute approximate surface area is 72.6 Å². The second kappa shape index (κ2) is 5.67. The van der Waals surface area contributed by atoms with Gasteiger partial charge in [0.2, 0.25) is 0 Å². The van der Waals surface area contributed by atoms with Gasteiger partial charge in [0.1, 0.15) is 0 Å². The number of hydrogen-bond donors (Lipinski definition) is 2. The highest BCUT2D eigenvalue weighted by Gasteiger charge is 2.12. The minimum atomic E-state index is -4.25. The Hall–Kier alpha value is 0.0700. The van der Waals surface area contributed by atoms with Crippen LogP contribution < -0.4 is 0 Å². The van der Waals surface area contributed by atoms with Crippen LogP contribution in [-0.4, -0.2) is 41.4 Å². The van der Waals surface area contributed by atoms with Crippen molar-refractivity contribution in [2.24, 2.45) is 0 Å². The summed E-state index contributed by atoms with van der Waals surface area (Å²) in [4.78, 5) is 18.7. The molecule has 0 bridgehead atoms. The average Bonchev–Trinajstić information content (AvgIpc) is 1.96. The Kier molecular flexibility index (Phi) is 5.70. The lowest BCUT2D eigenvalue weighted by molar-refractivity contribution is 0.186. The van der Waals surface area contributed by atoms with Crippen LogP contribution in [0.15, 0.2) is 0 Å². The second-order valence-corrected chi connectivity index (χ2v) is 3.81. The summed E-state index contributed by atoms with van der Waals surface area (Å²) in [5.74, 6) is 0. The molecule has 0 atom stereocenters. The second-order valence-electron chi connectivity index (χ2n) is 2.57. The first kappa shape index (κ1) is 12.1. The molecule has 0 aromatic carbocycles. The number of phosphoric acid groups is 1. The van der Waals surface area contributed by atoms with Crippen molar-refractivity contribution < 1.29 is 18.9 Å². The first-order valence-electron chi connectivity index (χ1n) is 3.84. The molecule has 0 radical (unpaired) electrons. The minimum absolute atomic E-state index is 0.106. The van der Waals surface area contributed by atoms with Gasteiger partial charge in [0.15, 0.2) is 0 Å². The summed E-state index contributed by atoms with van der Waals surface area (Å²) >= 11 is 0. The van der Waals surface area contributed by atoms with Gasteiger partial charge in [-0.2, -0.15) is 0 Å². The van der Waals surface area contributed by atoms with Crippen molar-refractivity contribution in [1.82, 2.24) is 4.90 Å². The molecule has 0 aliphatic heterocycles. The lowest BCUT2D eigenvalue weighted by atomic mass is 10.4. The summed E-state index contributed by atoms with van der Waals surface area (Å²) in [5.41, 5.74) is 0. The van der Waals surface area contributed by atoms with Gasteiger partial charge in [-0.15, -0.1) is 0 Å². The molecule has 0 spiro atoms. The van der Waals surface area contributed by atoms with Crippen LogP contribution in [0.1, 0.15) is 13.3 Å². The highest BCUT2D eigenvalue weighted by molar-refractivity contribution is 7.46. The summed E-state index contributed by atoms with van der Waals surface area (Å²) in [6.07, 6.45) is 0.634. The molecule has 0 aromatic heterocycles. The molecule has 2 N–H and O–H groups in total. The van der Waals surface area contributed by atoms with Crippen molar-refractivity contribution in [1.29, 1.82) is 0 Å². The smallest absolute Gasteiger partial charge is 0.307 e. The van der Waals surface area contributed by atoms with Crippen molar-refractivity contribution in [3.05, 3.63) is 0 Å². The molecule has 5 nitrogen and oxygen atoms in total. The van der Waals surface area contributed by atoms with E-state index in [1.165, 1.54) is 0 Å². The van der Waals surface area contributed by atoms with Gasteiger partial charge in [-0.25, -0.2) is 4.57 Å². The monoisotopic (exact) mass is 197 g/mol. The molecule has 6 heteroatoms. The lowest BCUT2D eigenvalue weighted by Gasteiger charge is -2.13. The highest BCUT2D eigenvalue weighted by Crippen LogP contribution is 2.35. The fourth-order valence-electron chi connectivity index (χ4n) is 0.676. The summed E-state index contributed by atoms with van der Waals surface area (Å²) in [6, 6.07) is 0. The van der Waals surface area contributed by atoms with Crippen molar-refractivity contribution in [3.63, 3.8) is 0 Å². The van der Waals surface area contributed by atoms with Crippen molar-refractivity contribution in [2.45, 2.75) is 13.3 Å². The van der Waals surface area contributed by atoms with Crippen molar-refractivity contribution in [2.75, 3.05) is 26.7 Å². The van der Waals surface area contributed by atoms with E-state index in [2.05, 4.69) is 4.52 Å². The number of phosphoric ester groups is 1. The number of nitrogens with zero attached hydrogens (tertiary/aromatic N) is 1. The van der Waals surface area contributed by atoms with E-state index in [4.69, 9.17) is 9.79 Å². The molecule has 0 aliphatic rings. The number of hydrogen-bond acceptors (Lipinski definition) is 3. The summed E-state index contributed by atoms with van der Waals surface area (Å²) in [5, 5.41) is 0. The first-order chi connectivity index (χ1) is 5.45. The maximum absolute atomic E-state index is 10.2. The van der Waals surface area contributed by atoms with Gasteiger partial charge < -0.3 is 14.7 Å². The third-order valence-corrected chi connectivity index (χ3v) is 2.00. The van der Waals surface area contributed by atoms with E-state index in [-0.39, 0.29) is 6.61 Å². The van der Waals surface area contributed by atoms with Crippen LogP contribution >= 0.6 is 7.82 Å². The molecule has 0 fully saturated rings. The van der Waals surface area contributed by atoms with Crippen LogP contribution in [0.2, 0.25) is 0 Å². The Bertz CT molecular complexity index is 158. The Balaban J connectivity index is 3.28. The van der Waals surface area contributed by atoms with Gasteiger partial charge in [-0.3, -0.25) is 4.52 Å². The molecule has 0 amide bonds. The zero-order valence-electron chi connectivity index (χ0n) is 7.43. The zero-order chi connectivity index (χ0) is 9.61. The molecule has 0 aliphatic carbocycles. The largest absolute Gasteiger partial charge is 0.469 e. The van der Waals surface area contributed by atoms with Crippen molar-refractivity contribution >= 4 is 7.82 Å². The van der Waals surface area contributed by atoms with Gasteiger partial charge in [0.05, 0.1) is 6.61 Å². The van der Waals surface area contributed by atoms with Crippen LogP contribution in [0.5, 0.6) is 0 Å². The molecular weight excluding hydrogens is 181 g/mol. The summed E-state index contributed by atoms with van der Waals surface area (Å²) in [6.45, 7) is 3.84. The predicted octanol–water partition coefficient (Wildman–Crippen LogP) is 0.437. The highest BCUT2D eigenvalue weighted by atomic mass is 31.2. The van der Waals surface area contributed by atoms with Gasteiger partial charge in [-0.05, 0) is 20.0 Å². The standard InChI is InChI=1S/C6H16NO4P/c1-3-7(2)5-4-6-11-12(8,9)10/h3-6H2,1-2H3,(H2,8,9,10). The lowest BCUT2D eigenvalue weighted by Crippen LogP contribution is -2.19. The zero-order valence-corrected chi connectivity index (χ0v) is 8.33. The molecule has 0 rings (SSSR count). The molecule has 0 saturated carbocycles.